The van der Waals surface area contributed by atoms with Gasteiger partial charge in [-0.2, -0.15) is 5.10 Å². The first-order chi connectivity index (χ1) is 8.16. The Morgan fingerprint density at radius 3 is 2.88 bits per heavy atom. The van der Waals surface area contributed by atoms with Crippen molar-refractivity contribution in [1.29, 1.82) is 0 Å². The van der Waals surface area contributed by atoms with Crippen LogP contribution in [0, 0.1) is 17.0 Å². The van der Waals surface area contributed by atoms with Crippen LogP contribution in [0.2, 0.25) is 0 Å². The fraction of sp³-hybridized carbons (Fsp3) is 0.182. The van der Waals surface area contributed by atoms with Crippen LogP contribution in [0.4, 0.5) is 11.4 Å². The van der Waals surface area contributed by atoms with Crippen molar-refractivity contribution >= 4 is 11.4 Å². The molecule has 0 fully saturated rings. The van der Waals surface area contributed by atoms with Crippen LogP contribution < -0.4 is 5.32 Å². The van der Waals surface area contributed by atoms with Gasteiger partial charge in [0.1, 0.15) is 0 Å². The van der Waals surface area contributed by atoms with Gasteiger partial charge in [0.25, 0.3) is 5.69 Å². The predicted octanol–water partition coefficient (Wildman–Crippen LogP) is 2.24. The molecule has 0 aliphatic heterocycles. The van der Waals surface area contributed by atoms with Crippen molar-refractivity contribution in [3.05, 3.63) is 51.8 Å². The van der Waals surface area contributed by atoms with Crippen molar-refractivity contribution in [3.63, 3.8) is 0 Å². The zero-order chi connectivity index (χ0) is 12.3. The molecular formula is C11H12N4O2. The third-order valence-corrected chi connectivity index (χ3v) is 2.45. The van der Waals surface area contributed by atoms with Crippen molar-refractivity contribution in [3.8, 4) is 0 Å². The van der Waals surface area contributed by atoms with Crippen molar-refractivity contribution < 1.29 is 4.92 Å². The van der Waals surface area contributed by atoms with Crippen LogP contribution in [-0.4, -0.2) is 15.1 Å². The molecule has 0 bridgehead atoms. The molecule has 1 heterocycles. The summed E-state index contributed by atoms with van der Waals surface area (Å²) in [6.45, 7) is 2.45. The van der Waals surface area contributed by atoms with Crippen molar-refractivity contribution in [1.82, 2.24) is 10.2 Å². The summed E-state index contributed by atoms with van der Waals surface area (Å²) < 4.78 is 0. The minimum Gasteiger partial charge on any atom is -0.379 e. The summed E-state index contributed by atoms with van der Waals surface area (Å²) in [5.41, 5.74) is 2.79. The smallest absolute Gasteiger partial charge is 0.269 e. The summed E-state index contributed by atoms with van der Waals surface area (Å²) in [5, 5.41) is 20.4. The number of hydrogen-bond acceptors (Lipinski definition) is 4. The SMILES string of the molecule is Cc1cc([N+](=O)[O-])ccc1NCc1ccn[nH]1. The second kappa shape index (κ2) is 4.65. The lowest BCUT2D eigenvalue weighted by molar-refractivity contribution is -0.384. The Labute approximate surface area is 97.8 Å². The van der Waals surface area contributed by atoms with E-state index in [4.69, 9.17) is 0 Å². The molecule has 2 aromatic rings. The van der Waals surface area contributed by atoms with Gasteiger partial charge >= 0.3 is 0 Å². The maximum absolute atomic E-state index is 10.6. The second-order valence-corrected chi connectivity index (χ2v) is 3.69. The highest BCUT2D eigenvalue weighted by Gasteiger charge is 2.07. The fourth-order valence-electron chi connectivity index (χ4n) is 1.53. The Bertz CT molecular complexity index is 522. The zero-order valence-electron chi connectivity index (χ0n) is 9.30. The number of nitro benzene ring substituents is 1. The molecule has 0 saturated carbocycles. The molecule has 0 amide bonds. The third kappa shape index (κ3) is 2.60. The molecule has 0 aliphatic carbocycles. The van der Waals surface area contributed by atoms with Gasteiger partial charge in [-0.3, -0.25) is 15.2 Å². The number of nitrogens with one attached hydrogen (secondary N) is 2. The monoisotopic (exact) mass is 232 g/mol. The Morgan fingerprint density at radius 1 is 1.47 bits per heavy atom. The van der Waals surface area contributed by atoms with Crippen LogP contribution in [0.15, 0.2) is 30.5 Å². The van der Waals surface area contributed by atoms with Gasteiger partial charge in [0.15, 0.2) is 0 Å². The molecule has 2 rings (SSSR count). The van der Waals surface area contributed by atoms with Gasteiger partial charge in [0.2, 0.25) is 0 Å². The molecule has 0 unspecified atom stereocenters. The number of aryl methyl sites for hydroxylation is 1. The molecule has 1 aromatic heterocycles. The second-order valence-electron chi connectivity index (χ2n) is 3.69. The number of non-ortho nitro benzene ring substituents is 1. The number of nitro groups is 1. The zero-order valence-corrected chi connectivity index (χ0v) is 9.30. The average Bonchev–Trinajstić information content (AvgIpc) is 2.80. The van der Waals surface area contributed by atoms with Crippen molar-refractivity contribution in [2.45, 2.75) is 13.5 Å². The van der Waals surface area contributed by atoms with Crippen LogP contribution in [-0.2, 0) is 6.54 Å². The molecule has 0 radical (unpaired) electrons. The van der Waals surface area contributed by atoms with Crippen LogP contribution in [0.25, 0.3) is 0 Å². The Balaban J connectivity index is 2.09. The molecule has 6 nitrogen and oxygen atoms in total. The quantitative estimate of drug-likeness (QED) is 0.625. The fourth-order valence-corrected chi connectivity index (χ4v) is 1.53. The van der Waals surface area contributed by atoms with Gasteiger partial charge < -0.3 is 5.32 Å². The Morgan fingerprint density at radius 2 is 2.29 bits per heavy atom. The molecule has 6 heteroatoms. The molecule has 88 valence electrons. The number of nitrogens with zero attached hydrogens (tertiary/aromatic N) is 2. The molecule has 0 atom stereocenters. The first-order valence-corrected chi connectivity index (χ1v) is 5.14. The van der Waals surface area contributed by atoms with Gasteiger partial charge in [-0.25, -0.2) is 0 Å². The summed E-state index contributed by atoms with van der Waals surface area (Å²) >= 11 is 0. The van der Waals surface area contributed by atoms with E-state index in [9.17, 15) is 10.1 Å². The Kier molecular flexibility index (Phi) is 3.04. The van der Waals surface area contributed by atoms with Crippen LogP contribution in [0.5, 0.6) is 0 Å². The summed E-state index contributed by atoms with van der Waals surface area (Å²) in [4.78, 5) is 10.2. The van der Waals surface area contributed by atoms with E-state index in [-0.39, 0.29) is 5.69 Å². The summed E-state index contributed by atoms with van der Waals surface area (Å²) in [6.07, 6.45) is 1.68. The highest BCUT2D eigenvalue weighted by Crippen LogP contribution is 2.21. The molecule has 0 saturated heterocycles. The molecule has 17 heavy (non-hydrogen) atoms. The predicted molar refractivity (Wildman–Crippen MR) is 63.7 cm³/mol. The summed E-state index contributed by atoms with van der Waals surface area (Å²) in [5.74, 6) is 0. The molecule has 0 spiro atoms. The number of benzene rings is 1. The molecule has 1 aromatic carbocycles. The lowest BCUT2D eigenvalue weighted by atomic mass is 10.2. The lowest BCUT2D eigenvalue weighted by Gasteiger charge is -2.07. The topological polar surface area (TPSA) is 83.8 Å². The number of H-pyrrole nitrogens is 1. The normalized spacial score (nSPS) is 10.2. The number of rotatable bonds is 4. The molecular weight excluding hydrogens is 220 g/mol. The Hall–Kier alpha value is -2.37. The summed E-state index contributed by atoms with van der Waals surface area (Å²) in [7, 11) is 0. The van der Waals surface area contributed by atoms with E-state index in [0.717, 1.165) is 16.9 Å². The van der Waals surface area contributed by atoms with Gasteiger partial charge in [0.05, 0.1) is 17.2 Å². The number of aromatic amines is 1. The minimum absolute atomic E-state index is 0.106. The van der Waals surface area contributed by atoms with Gasteiger partial charge in [0, 0.05) is 24.0 Å². The van der Waals surface area contributed by atoms with E-state index >= 15 is 0 Å². The standard InChI is InChI=1S/C11H12N4O2/c1-8-6-10(15(16)17)2-3-11(8)12-7-9-4-5-13-14-9/h2-6,12H,7H2,1H3,(H,13,14). The molecule has 0 aliphatic rings. The first-order valence-electron chi connectivity index (χ1n) is 5.14. The van der Waals surface area contributed by atoms with Gasteiger partial charge in [-0.05, 0) is 24.6 Å². The van der Waals surface area contributed by atoms with Crippen molar-refractivity contribution in [2.24, 2.45) is 0 Å². The highest BCUT2D eigenvalue weighted by atomic mass is 16.6. The number of anilines is 1. The number of aromatic nitrogens is 2. The lowest BCUT2D eigenvalue weighted by Crippen LogP contribution is -2.01. The average molecular weight is 232 g/mol. The van der Waals surface area contributed by atoms with E-state index in [0.29, 0.717) is 6.54 Å². The van der Waals surface area contributed by atoms with Crippen molar-refractivity contribution in [2.75, 3.05) is 5.32 Å². The minimum atomic E-state index is -0.397. The van der Waals surface area contributed by atoms with E-state index in [1.54, 1.807) is 18.3 Å². The maximum Gasteiger partial charge on any atom is 0.269 e. The van der Waals surface area contributed by atoms with E-state index < -0.39 is 4.92 Å². The van der Waals surface area contributed by atoms with Gasteiger partial charge in [-0.15, -0.1) is 0 Å². The van der Waals surface area contributed by atoms with Crippen LogP contribution >= 0.6 is 0 Å². The van der Waals surface area contributed by atoms with Crippen LogP contribution in [0.3, 0.4) is 0 Å². The third-order valence-electron chi connectivity index (χ3n) is 2.45. The summed E-state index contributed by atoms with van der Waals surface area (Å²) in [6, 6.07) is 6.62. The first kappa shape index (κ1) is 11.1. The van der Waals surface area contributed by atoms with E-state index in [2.05, 4.69) is 15.5 Å². The van der Waals surface area contributed by atoms with E-state index in [1.165, 1.54) is 6.07 Å². The maximum atomic E-state index is 10.6. The highest BCUT2D eigenvalue weighted by molar-refractivity contribution is 5.55. The van der Waals surface area contributed by atoms with Gasteiger partial charge in [-0.1, -0.05) is 0 Å². The largest absolute Gasteiger partial charge is 0.379 e. The molecule has 2 N–H and O–H groups in total. The van der Waals surface area contributed by atoms with E-state index in [1.807, 2.05) is 13.0 Å². The number of hydrogen-bond donors (Lipinski definition) is 2. The van der Waals surface area contributed by atoms with Crippen LogP contribution in [0.1, 0.15) is 11.3 Å².